The van der Waals surface area contributed by atoms with E-state index in [9.17, 15) is 4.79 Å². The predicted octanol–water partition coefficient (Wildman–Crippen LogP) is 1.47. The van der Waals surface area contributed by atoms with Crippen molar-refractivity contribution >= 4 is 5.91 Å². The van der Waals surface area contributed by atoms with Crippen LogP contribution in [0.4, 0.5) is 0 Å². The lowest BCUT2D eigenvalue weighted by atomic mass is 10.1. The Bertz CT molecular complexity index is 379. The van der Waals surface area contributed by atoms with Crippen LogP contribution in [0.15, 0.2) is 24.3 Å². The molecule has 0 saturated heterocycles. The molecule has 0 radical (unpaired) electrons. The van der Waals surface area contributed by atoms with Crippen LogP contribution in [0, 0.1) is 0 Å². The zero-order chi connectivity index (χ0) is 13.4. The molecule has 0 unspecified atom stereocenters. The number of hydrogen-bond acceptors (Lipinski definition) is 3. The number of nitrogens with zero attached hydrogens (tertiary/aromatic N) is 1. The van der Waals surface area contributed by atoms with Crippen LogP contribution in [0.3, 0.4) is 0 Å². The van der Waals surface area contributed by atoms with Gasteiger partial charge in [-0.2, -0.15) is 0 Å². The number of ether oxygens (including phenoxy) is 1. The molecule has 0 bridgehead atoms. The number of carbonyl (C=O) groups excluding carboxylic acids is 1. The Morgan fingerprint density at radius 1 is 1.39 bits per heavy atom. The summed E-state index contributed by atoms with van der Waals surface area (Å²) in [5, 5.41) is 8.81. The van der Waals surface area contributed by atoms with Gasteiger partial charge in [0.2, 0.25) is 5.91 Å². The number of amides is 1. The van der Waals surface area contributed by atoms with E-state index < -0.39 is 0 Å². The van der Waals surface area contributed by atoms with Gasteiger partial charge in [-0.05, 0) is 19.4 Å². The normalized spacial score (nSPS) is 10.2. The van der Waals surface area contributed by atoms with Crippen molar-refractivity contribution < 1.29 is 14.6 Å². The minimum absolute atomic E-state index is 0.0652. The molecule has 1 amide bonds. The van der Waals surface area contributed by atoms with Crippen molar-refractivity contribution in [2.75, 3.05) is 26.8 Å². The summed E-state index contributed by atoms with van der Waals surface area (Å²) >= 11 is 0. The molecule has 18 heavy (non-hydrogen) atoms. The third kappa shape index (κ3) is 4.04. The van der Waals surface area contributed by atoms with E-state index in [1.54, 1.807) is 12.0 Å². The van der Waals surface area contributed by atoms with Crippen LogP contribution in [0.5, 0.6) is 5.75 Å². The van der Waals surface area contributed by atoms with E-state index in [-0.39, 0.29) is 12.5 Å². The van der Waals surface area contributed by atoms with Gasteiger partial charge in [0, 0.05) is 25.3 Å². The van der Waals surface area contributed by atoms with Crippen LogP contribution >= 0.6 is 0 Å². The molecule has 0 heterocycles. The summed E-state index contributed by atoms with van der Waals surface area (Å²) in [6.07, 6.45) is 0.953. The molecule has 0 aliphatic rings. The van der Waals surface area contributed by atoms with Gasteiger partial charge in [-0.25, -0.2) is 0 Å². The van der Waals surface area contributed by atoms with E-state index in [0.29, 0.717) is 25.9 Å². The van der Waals surface area contributed by atoms with Gasteiger partial charge in [0.15, 0.2) is 0 Å². The molecule has 1 aromatic carbocycles. The van der Waals surface area contributed by atoms with Gasteiger partial charge in [-0.15, -0.1) is 0 Å². The van der Waals surface area contributed by atoms with Crippen LogP contribution in [-0.2, 0) is 11.2 Å². The Morgan fingerprint density at radius 2 is 2.11 bits per heavy atom. The summed E-state index contributed by atoms with van der Waals surface area (Å²) in [5.74, 6) is 0.805. The number of carbonyl (C=O) groups is 1. The molecule has 4 heteroatoms. The maximum Gasteiger partial charge on any atom is 0.227 e. The molecule has 0 saturated carbocycles. The Hall–Kier alpha value is -1.55. The summed E-state index contributed by atoms with van der Waals surface area (Å²) in [4.78, 5) is 13.9. The van der Waals surface area contributed by atoms with Crippen LogP contribution in [-0.4, -0.2) is 42.7 Å². The Kier molecular flexibility index (Phi) is 6.22. The Labute approximate surface area is 108 Å². The number of benzene rings is 1. The van der Waals surface area contributed by atoms with E-state index in [2.05, 4.69) is 0 Å². The van der Waals surface area contributed by atoms with Crippen molar-refractivity contribution in [1.82, 2.24) is 4.90 Å². The van der Waals surface area contributed by atoms with Crippen molar-refractivity contribution in [2.45, 2.75) is 19.8 Å². The van der Waals surface area contributed by atoms with Gasteiger partial charge in [-0.3, -0.25) is 4.79 Å². The minimum atomic E-state index is 0.0652. The maximum absolute atomic E-state index is 12.1. The van der Waals surface area contributed by atoms with Crippen LogP contribution < -0.4 is 4.74 Å². The Balaban J connectivity index is 2.67. The first kappa shape index (κ1) is 14.5. The molecule has 1 rings (SSSR count). The van der Waals surface area contributed by atoms with Crippen molar-refractivity contribution in [1.29, 1.82) is 0 Å². The molecule has 0 atom stereocenters. The highest BCUT2D eigenvalue weighted by Gasteiger charge is 2.13. The lowest BCUT2D eigenvalue weighted by Gasteiger charge is -2.21. The van der Waals surface area contributed by atoms with Crippen molar-refractivity contribution in [2.24, 2.45) is 0 Å². The van der Waals surface area contributed by atoms with Crippen molar-refractivity contribution in [3.05, 3.63) is 29.8 Å². The molecule has 1 aromatic rings. The fourth-order valence-corrected chi connectivity index (χ4v) is 1.84. The third-order valence-corrected chi connectivity index (χ3v) is 2.85. The van der Waals surface area contributed by atoms with Gasteiger partial charge in [0.25, 0.3) is 0 Å². The number of aliphatic hydroxyl groups is 1. The third-order valence-electron chi connectivity index (χ3n) is 2.85. The minimum Gasteiger partial charge on any atom is -0.496 e. The van der Waals surface area contributed by atoms with Gasteiger partial charge < -0.3 is 14.7 Å². The standard InChI is InChI=1S/C14H21NO3/c1-3-15(9-6-10-16)14(17)11-12-7-4-5-8-13(12)18-2/h4-5,7-8,16H,3,6,9-11H2,1-2H3. The topological polar surface area (TPSA) is 49.8 Å². The molecule has 0 fully saturated rings. The molecule has 0 aliphatic heterocycles. The fourth-order valence-electron chi connectivity index (χ4n) is 1.84. The monoisotopic (exact) mass is 251 g/mol. The second kappa shape index (κ2) is 7.71. The molecular formula is C14H21NO3. The second-order valence-corrected chi connectivity index (χ2v) is 4.04. The molecule has 0 aliphatic carbocycles. The molecular weight excluding hydrogens is 230 g/mol. The highest BCUT2D eigenvalue weighted by Crippen LogP contribution is 2.18. The summed E-state index contributed by atoms with van der Waals surface area (Å²) in [5.41, 5.74) is 0.896. The smallest absolute Gasteiger partial charge is 0.227 e. The van der Waals surface area contributed by atoms with Gasteiger partial charge in [0.05, 0.1) is 13.5 Å². The quantitative estimate of drug-likeness (QED) is 0.798. The number of aliphatic hydroxyl groups excluding tert-OH is 1. The summed E-state index contributed by atoms with van der Waals surface area (Å²) < 4.78 is 5.23. The van der Waals surface area contributed by atoms with Crippen molar-refractivity contribution in [3.8, 4) is 5.75 Å². The molecule has 4 nitrogen and oxygen atoms in total. The number of likely N-dealkylation sites (N-methyl/N-ethyl adjacent to an activating group) is 1. The van der Waals surface area contributed by atoms with E-state index in [0.717, 1.165) is 11.3 Å². The predicted molar refractivity (Wildman–Crippen MR) is 70.7 cm³/mol. The highest BCUT2D eigenvalue weighted by atomic mass is 16.5. The zero-order valence-corrected chi connectivity index (χ0v) is 11.1. The number of para-hydroxylation sites is 1. The van der Waals surface area contributed by atoms with E-state index in [1.165, 1.54) is 0 Å². The lowest BCUT2D eigenvalue weighted by Crippen LogP contribution is -2.33. The highest BCUT2D eigenvalue weighted by molar-refractivity contribution is 5.79. The fraction of sp³-hybridized carbons (Fsp3) is 0.500. The average Bonchev–Trinajstić information content (AvgIpc) is 2.40. The number of methoxy groups -OCH3 is 1. The van der Waals surface area contributed by atoms with Gasteiger partial charge in [0.1, 0.15) is 5.75 Å². The molecule has 0 aromatic heterocycles. The number of rotatable bonds is 7. The number of hydrogen-bond donors (Lipinski definition) is 1. The first-order valence-electron chi connectivity index (χ1n) is 6.23. The summed E-state index contributed by atoms with van der Waals surface area (Å²) in [6, 6.07) is 7.54. The van der Waals surface area contributed by atoms with Crippen LogP contribution in [0.1, 0.15) is 18.9 Å². The largest absolute Gasteiger partial charge is 0.496 e. The van der Waals surface area contributed by atoms with Crippen LogP contribution in [0.2, 0.25) is 0 Å². The molecule has 100 valence electrons. The summed E-state index contributed by atoms with van der Waals surface area (Å²) in [7, 11) is 1.60. The second-order valence-electron chi connectivity index (χ2n) is 4.04. The first-order chi connectivity index (χ1) is 8.72. The zero-order valence-electron chi connectivity index (χ0n) is 11.1. The van der Waals surface area contributed by atoms with Crippen LogP contribution in [0.25, 0.3) is 0 Å². The SMILES string of the molecule is CCN(CCCO)C(=O)Cc1ccccc1OC. The van der Waals surface area contributed by atoms with Crippen molar-refractivity contribution in [3.63, 3.8) is 0 Å². The van der Waals surface area contributed by atoms with E-state index >= 15 is 0 Å². The first-order valence-corrected chi connectivity index (χ1v) is 6.23. The Morgan fingerprint density at radius 3 is 2.72 bits per heavy atom. The average molecular weight is 251 g/mol. The van der Waals surface area contributed by atoms with Gasteiger partial charge >= 0.3 is 0 Å². The maximum atomic E-state index is 12.1. The molecule has 0 spiro atoms. The molecule has 1 N–H and O–H groups in total. The summed E-state index contributed by atoms with van der Waals surface area (Å²) in [6.45, 7) is 3.31. The van der Waals surface area contributed by atoms with E-state index in [1.807, 2.05) is 31.2 Å². The lowest BCUT2D eigenvalue weighted by molar-refractivity contribution is -0.130. The van der Waals surface area contributed by atoms with Gasteiger partial charge in [-0.1, -0.05) is 18.2 Å². The van der Waals surface area contributed by atoms with E-state index in [4.69, 9.17) is 9.84 Å².